The molecule has 0 atom stereocenters. The van der Waals surface area contributed by atoms with Crippen molar-refractivity contribution in [1.82, 2.24) is 15.1 Å². The highest BCUT2D eigenvalue weighted by molar-refractivity contribution is 5.76. The summed E-state index contributed by atoms with van der Waals surface area (Å²) in [6.07, 6.45) is 2.24. The van der Waals surface area contributed by atoms with Gasteiger partial charge in [0.25, 0.3) is 0 Å². The molecule has 1 heterocycles. The first kappa shape index (κ1) is 9.83. The fraction of sp³-hybridized carbons (Fsp3) is 0.750. The highest BCUT2D eigenvalue weighted by Gasteiger charge is 2.29. The van der Waals surface area contributed by atoms with Gasteiger partial charge in [-0.3, -0.25) is 4.79 Å². The van der Waals surface area contributed by atoms with Crippen molar-refractivity contribution >= 4 is 5.78 Å². The van der Waals surface area contributed by atoms with Crippen molar-refractivity contribution in [2.75, 3.05) is 0 Å². The van der Waals surface area contributed by atoms with Crippen molar-refractivity contribution in [2.45, 2.75) is 32.7 Å². The van der Waals surface area contributed by atoms with Gasteiger partial charge in [-0.2, -0.15) is 0 Å². The summed E-state index contributed by atoms with van der Waals surface area (Å²) in [5, 5.41) is 7.73. The number of tetrazole rings is 1. The van der Waals surface area contributed by atoms with Crippen LogP contribution in [0.4, 0.5) is 0 Å². The highest BCUT2D eigenvalue weighted by atomic mass is 16.1. The van der Waals surface area contributed by atoms with Gasteiger partial charge in [-0.25, -0.2) is 0 Å². The number of aryl methyl sites for hydroxylation is 1. The maximum absolute atomic E-state index is 11.0. The molecule has 0 amide bonds. The van der Waals surface area contributed by atoms with Crippen LogP contribution in [-0.4, -0.2) is 20.9 Å². The average molecular weight is 183 g/mol. The molecule has 0 aromatic carbocycles. The Labute approximate surface area is 77.3 Å². The fourth-order valence-electron chi connectivity index (χ4n) is 1.28. The summed E-state index contributed by atoms with van der Waals surface area (Å²) in [7, 11) is 1.80. The molecule has 0 aliphatic rings. The molecule has 0 radical (unpaired) electrons. The Morgan fingerprint density at radius 1 is 1.62 bits per heavy atom. The molecule has 0 N–H and O–H groups in total. The van der Waals surface area contributed by atoms with E-state index in [1.165, 1.54) is 0 Å². The molecular weight excluding hydrogens is 168 g/mol. The maximum Gasteiger partial charge on any atom is 0.244 e. The Morgan fingerprint density at radius 3 is 2.62 bits per heavy atom. The number of carbonyl (C=O) groups excluding carboxylic acids is 1. The molecule has 0 aliphatic heterocycles. The van der Waals surface area contributed by atoms with Gasteiger partial charge >= 0.3 is 0 Å². The molecule has 1 rings (SSSR count). The van der Waals surface area contributed by atoms with E-state index in [0.29, 0.717) is 6.42 Å². The SMILES string of the molecule is CC(=O)CC(C)(C)n1c[n+](C)nn1. The van der Waals surface area contributed by atoms with Crippen LogP contribution < -0.4 is 4.68 Å². The van der Waals surface area contributed by atoms with Crippen LogP contribution in [0.5, 0.6) is 0 Å². The number of rotatable bonds is 3. The van der Waals surface area contributed by atoms with Crippen LogP contribution in [0, 0.1) is 0 Å². The molecule has 0 unspecified atom stereocenters. The van der Waals surface area contributed by atoms with Crippen LogP contribution in [0.25, 0.3) is 0 Å². The van der Waals surface area contributed by atoms with Crippen LogP contribution in [0.1, 0.15) is 27.2 Å². The molecule has 1 aromatic rings. The van der Waals surface area contributed by atoms with Crippen molar-refractivity contribution < 1.29 is 9.48 Å². The zero-order valence-electron chi connectivity index (χ0n) is 8.48. The largest absolute Gasteiger partial charge is 0.300 e. The second-order valence-electron chi connectivity index (χ2n) is 3.90. The number of carbonyl (C=O) groups is 1. The van der Waals surface area contributed by atoms with E-state index in [1.54, 1.807) is 29.7 Å². The van der Waals surface area contributed by atoms with E-state index in [-0.39, 0.29) is 11.3 Å². The zero-order chi connectivity index (χ0) is 10.1. The van der Waals surface area contributed by atoms with E-state index < -0.39 is 0 Å². The second-order valence-corrected chi connectivity index (χ2v) is 3.90. The van der Waals surface area contributed by atoms with Crippen molar-refractivity contribution in [3.05, 3.63) is 6.33 Å². The number of hydrogen-bond acceptors (Lipinski definition) is 3. The van der Waals surface area contributed by atoms with Crippen LogP contribution >= 0.6 is 0 Å². The van der Waals surface area contributed by atoms with Gasteiger partial charge in [-0.1, -0.05) is 4.68 Å². The maximum atomic E-state index is 11.0. The van der Waals surface area contributed by atoms with E-state index in [1.807, 2.05) is 13.8 Å². The minimum atomic E-state index is -0.292. The molecule has 1 aromatic heterocycles. The Hall–Kier alpha value is -1.26. The van der Waals surface area contributed by atoms with E-state index in [0.717, 1.165) is 0 Å². The summed E-state index contributed by atoms with van der Waals surface area (Å²) in [4.78, 5) is 11.0. The molecule has 5 heteroatoms. The smallest absolute Gasteiger partial charge is 0.244 e. The normalized spacial score (nSPS) is 11.7. The third kappa shape index (κ3) is 2.34. The summed E-state index contributed by atoms with van der Waals surface area (Å²) >= 11 is 0. The average Bonchev–Trinajstić information content (AvgIpc) is 2.32. The lowest BCUT2D eigenvalue weighted by molar-refractivity contribution is -0.732. The van der Waals surface area contributed by atoms with Crippen molar-refractivity contribution in [3.63, 3.8) is 0 Å². The predicted molar refractivity (Wildman–Crippen MR) is 45.8 cm³/mol. The number of Topliss-reactive ketones (excluding diaryl/α,β-unsaturated/α-hetero) is 1. The first-order valence-corrected chi connectivity index (χ1v) is 4.20. The van der Waals surface area contributed by atoms with E-state index >= 15 is 0 Å². The standard InChI is InChI=1S/C8H15N4O/c1-7(13)5-8(2,3)12-6-11(4)9-10-12/h6H,5H2,1-4H3/q+1. The first-order chi connectivity index (χ1) is 5.92. The molecule has 0 spiro atoms. The zero-order valence-corrected chi connectivity index (χ0v) is 8.48. The summed E-state index contributed by atoms with van der Waals surface area (Å²) < 4.78 is 3.32. The topological polar surface area (TPSA) is 51.7 Å². The molecular formula is C8H15N4O+. The number of nitrogens with zero attached hydrogens (tertiary/aromatic N) is 4. The Kier molecular flexibility index (Phi) is 2.45. The van der Waals surface area contributed by atoms with Gasteiger partial charge in [-0.05, 0) is 20.8 Å². The van der Waals surface area contributed by atoms with E-state index in [2.05, 4.69) is 10.4 Å². The van der Waals surface area contributed by atoms with Crippen molar-refractivity contribution in [3.8, 4) is 0 Å². The van der Waals surface area contributed by atoms with E-state index in [4.69, 9.17) is 0 Å². The fourth-order valence-corrected chi connectivity index (χ4v) is 1.28. The molecule has 0 saturated heterocycles. The predicted octanol–water partition coefficient (Wildman–Crippen LogP) is -0.183. The second kappa shape index (κ2) is 3.24. The van der Waals surface area contributed by atoms with Crippen LogP contribution in [-0.2, 0) is 17.4 Å². The molecule has 13 heavy (non-hydrogen) atoms. The third-order valence-electron chi connectivity index (χ3n) is 1.86. The lowest BCUT2D eigenvalue weighted by Crippen LogP contribution is -2.32. The number of aromatic nitrogens is 4. The third-order valence-corrected chi connectivity index (χ3v) is 1.86. The van der Waals surface area contributed by atoms with Gasteiger partial charge in [0.15, 0.2) is 5.21 Å². The lowest BCUT2D eigenvalue weighted by Gasteiger charge is -2.15. The molecule has 72 valence electrons. The van der Waals surface area contributed by atoms with Crippen LogP contribution in [0.15, 0.2) is 6.33 Å². The monoisotopic (exact) mass is 183 g/mol. The minimum absolute atomic E-state index is 0.156. The summed E-state index contributed by atoms with van der Waals surface area (Å²) in [5.41, 5.74) is -0.292. The molecule has 0 bridgehead atoms. The van der Waals surface area contributed by atoms with Crippen molar-refractivity contribution in [1.29, 1.82) is 0 Å². The molecule has 5 nitrogen and oxygen atoms in total. The summed E-state index contributed by atoms with van der Waals surface area (Å²) in [6.45, 7) is 5.50. The van der Waals surface area contributed by atoms with Gasteiger partial charge in [0.2, 0.25) is 6.33 Å². The highest BCUT2D eigenvalue weighted by Crippen LogP contribution is 2.16. The Balaban J connectivity index is 2.86. The van der Waals surface area contributed by atoms with E-state index in [9.17, 15) is 4.79 Å². The molecule has 0 saturated carbocycles. The minimum Gasteiger partial charge on any atom is -0.300 e. The quantitative estimate of drug-likeness (QED) is 0.611. The lowest BCUT2D eigenvalue weighted by atomic mass is 9.99. The summed E-state index contributed by atoms with van der Waals surface area (Å²) in [5.74, 6) is 0.156. The molecule has 0 aliphatic carbocycles. The van der Waals surface area contributed by atoms with Crippen LogP contribution in [0.2, 0.25) is 0 Å². The van der Waals surface area contributed by atoms with Crippen LogP contribution in [0.3, 0.4) is 0 Å². The molecule has 0 fully saturated rings. The number of ketones is 1. The Bertz CT molecular complexity index is 316. The van der Waals surface area contributed by atoms with Gasteiger partial charge < -0.3 is 0 Å². The van der Waals surface area contributed by atoms with Gasteiger partial charge in [-0.15, -0.1) is 4.68 Å². The Morgan fingerprint density at radius 2 is 2.23 bits per heavy atom. The summed E-state index contributed by atoms with van der Waals surface area (Å²) in [6, 6.07) is 0. The van der Waals surface area contributed by atoms with Gasteiger partial charge in [0, 0.05) is 6.42 Å². The van der Waals surface area contributed by atoms with Gasteiger partial charge in [0.1, 0.15) is 16.5 Å². The number of hydrogen-bond donors (Lipinski definition) is 0. The van der Waals surface area contributed by atoms with Gasteiger partial charge in [0.05, 0.1) is 7.05 Å². The first-order valence-electron chi connectivity index (χ1n) is 4.20. The van der Waals surface area contributed by atoms with Crippen molar-refractivity contribution in [2.24, 2.45) is 7.05 Å².